The highest BCUT2D eigenvalue weighted by atomic mass is 19.1. The molecule has 1 aliphatic rings. The molecule has 0 spiro atoms. The summed E-state index contributed by atoms with van der Waals surface area (Å²) in [7, 11) is 1.58. The van der Waals surface area contributed by atoms with Crippen molar-refractivity contribution in [3.63, 3.8) is 0 Å². The first kappa shape index (κ1) is 62.9. The van der Waals surface area contributed by atoms with Gasteiger partial charge in [0, 0.05) is 89.9 Å². The zero-order valence-corrected chi connectivity index (χ0v) is 47.1. The lowest BCUT2D eigenvalue weighted by atomic mass is 9.79. The number of carboxylic acids is 1. The molecule has 0 saturated heterocycles. The largest absolute Gasteiger partial charge is 0.497 e. The van der Waals surface area contributed by atoms with Gasteiger partial charge in [0.1, 0.15) is 23.9 Å². The summed E-state index contributed by atoms with van der Waals surface area (Å²) < 4.78 is 29.3. The Balaban J connectivity index is 0.944. The van der Waals surface area contributed by atoms with Crippen LogP contribution in [0.25, 0.3) is 11.1 Å². The third kappa shape index (κ3) is 24.4. The third-order valence-electron chi connectivity index (χ3n) is 14.6. The first-order chi connectivity index (χ1) is 37.7. The van der Waals surface area contributed by atoms with E-state index in [1.165, 1.54) is 57.4 Å². The number of hydrogen-bond acceptors (Lipinski definition) is 11. The van der Waals surface area contributed by atoms with Gasteiger partial charge in [0.2, 0.25) is 17.7 Å². The maximum atomic E-state index is 15.5. The molecule has 3 amide bonds. The highest BCUT2D eigenvalue weighted by molar-refractivity contribution is 5.77. The first-order valence-electron chi connectivity index (χ1n) is 29.0. The van der Waals surface area contributed by atoms with Crippen LogP contribution in [0, 0.1) is 17.2 Å². The molecule has 430 valence electrons. The standard InChI is InChI=1S/C61H92FN9O7/c1-61(2,42-49-38-46(21-25-53(49)55-40-51(77-3)24-26-56(55)62)45-78-52-19-17-18-48(39-52)54(41-60(75)76)47-22-23-47)43-50-44-71(69-68-50)34-16-14-12-10-8-6-4-5-7-9-11-13-15-20-57(72)67-33-37-70(35-27-58(73)65-31-29-63)36-28-59(74)66-32-30-64/h17-19,21,24-26,38-40,44,47,54H,4-16,20,22-23,27-37,41-43,45,63-64H2,1-3H3,(H,65,73)(H,66,74)(H,67,72)(H,75,76)/t54-/m0/s1. The molecule has 0 bridgehead atoms. The number of nitrogens with two attached hydrogens (primary N) is 2. The van der Waals surface area contributed by atoms with E-state index in [0.29, 0.717) is 114 Å². The van der Waals surface area contributed by atoms with E-state index in [9.17, 15) is 24.3 Å². The molecule has 17 heteroatoms. The van der Waals surface area contributed by atoms with Crippen molar-refractivity contribution in [1.82, 2.24) is 35.8 Å². The van der Waals surface area contributed by atoms with Crippen LogP contribution in [-0.2, 0) is 45.2 Å². The number of nitrogens with one attached hydrogen (secondary N) is 3. The molecule has 8 N–H and O–H groups in total. The lowest BCUT2D eigenvalue weighted by Gasteiger charge is -2.26. The summed E-state index contributed by atoms with van der Waals surface area (Å²) >= 11 is 0. The van der Waals surface area contributed by atoms with Gasteiger partial charge in [0.15, 0.2) is 0 Å². The maximum absolute atomic E-state index is 15.5. The van der Waals surface area contributed by atoms with E-state index < -0.39 is 5.97 Å². The number of amides is 3. The summed E-state index contributed by atoms with van der Waals surface area (Å²) in [5, 5.41) is 27.2. The zero-order chi connectivity index (χ0) is 56.0. The molecule has 0 aliphatic heterocycles. The predicted octanol–water partition coefficient (Wildman–Crippen LogP) is 9.26. The number of aryl methyl sites for hydroxylation is 1. The Kier molecular flexibility index (Phi) is 28.1. The second kappa shape index (κ2) is 34.9. The number of nitrogens with zero attached hydrogens (tertiary/aromatic N) is 4. The molecule has 1 aromatic heterocycles. The number of benzene rings is 3. The van der Waals surface area contributed by atoms with E-state index >= 15 is 4.39 Å². The Bertz CT molecular complexity index is 2400. The van der Waals surface area contributed by atoms with Crippen LogP contribution < -0.4 is 36.9 Å². The van der Waals surface area contributed by atoms with Crippen molar-refractivity contribution >= 4 is 23.7 Å². The maximum Gasteiger partial charge on any atom is 0.303 e. The van der Waals surface area contributed by atoms with E-state index in [0.717, 1.165) is 79.4 Å². The Morgan fingerprint density at radius 2 is 1.35 bits per heavy atom. The molecule has 16 nitrogen and oxygen atoms in total. The molecule has 1 aliphatic carbocycles. The topological polar surface area (TPSA) is 229 Å². The fourth-order valence-electron chi connectivity index (χ4n) is 10.2. The number of hydrogen-bond donors (Lipinski definition) is 6. The number of halogens is 1. The Morgan fingerprint density at radius 3 is 1.96 bits per heavy atom. The molecule has 4 aromatic rings. The molecular weight excluding hydrogens is 990 g/mol. The van der Waals surface area contributed by atoms with Crippen molar-refractivity contribution in [3.05, 3.63) is 95.1 Å². The van der Waals surface area contributed by atoms with Crippen molar-refractivity contribution in [2.24, 2.45) is 22.8 Å². The molecule has 78 heavy (non-hydrogen) atoms. The van der Waals surface area contributed by atoms with Crippen LogP contribution in [-0.4, -0.2) is 108 Å². The summed E-state index contributed by atoms with van der Waals surface area (Å²) in [6.07, 6.45) is 22.0. The zero-order valence-electron chi connectivity index (χ0n) is 47.1. The smallest absolute Gasteiger partial charge is 0.303 e. The second-order valence-corrected chi connectivity index (χ2v) is 22.0. The number of rotatable bonds is 42. The summed E-state index contributed by atoms with van der Waals surface area (Å²) in [6.45, 7) is 9.20. The van der Waals surface area contributed by atoms with Crippen molar-refractivity contribution in [3.8, 4) is 22.6 Å². The number of unbranched alkanes of at least 4 members (excludes halogenated alkanes) is 12. The molecule has 0 unspecified atom stereocenters. The van der Waals surface area contributed by atoms with Crippen LogP contribution in [0.2, 0.25) is 0 Å². The molecule has 1 fully saturated rings. The van der Waals surface area contributed by atoms with E-state index in [2.05, 4.69) is 52.4 Å². The number of aromatic nitrogens is 3. The van der Waals surface area contributed by atoms with Gasteiger partial charge in [-0.15, -0.1) is 5.10 Å². The van der Waals surface area contributed by atoms with Crippen LogP contribution in [0.5, 0.6) is 11.5 Å². The number of methoxy groups -OCH3 is 1. The third-order valence-corrected chi connectivity index (χ3v) is 14.6. The van der Waals surface area contributed by atoms with Crippen molar-refractivity contribution in [2.45, 2.75) is 168 Å². The van der Waals surface area contributed by atoms with Gasteiger partial charge in [-0.1, -0.05) is 120 Å². The summed E-state index contributed by atoms with van der Waals surface area (Å²) in [6, 6.07) is 18.7. The summed E-state index contributed by atoms with van der Waals surface area (Å²) in [5.41, 5.74) is 15.9. The SMILES string of the molecule is COc1ccc(F)c(-c2ccc(COc3cccc([C@@H](CC(=O)O)C4CC4)c3)cc2CC(C)(C)Cc2cn(CCCCCCCCCCCCCCCC(=O)NCCN(CCC(=O)NCCN)CCC(=O)NCCN)nn2)c1. The quantitative estimate of drug-likeness (QED) is 0.0228. The average molecular weight is 1080 g/mol. The van der Waals surface area contributed by atoms with E-state index in [4.69, 9.17) is 20.9 Å². The fourth-order valence-corrected chi connectivity index (χ4v) is 10.2. The molecule has 1 heterocycles. The van der Waals surface area contributed by atoms with Gasteiger partial charge in [-0.2, -0.15) is 0 Å². The summed E-state index contributed by atoms with van der Waals surface area (Å²) in [4.78, 5) is 50.4. The Morgan fingerprint density at radius 1 is 0.731 bits per heavy atom. The highest BCUT2D eigenvalue weighted by Crippen LogP contribution is 2.45. The normalized spacial score (nSPS) is 12.9. The molecule has 1 atom stereocenters. The number of carbonyl (C=O) groups is 4. The van der Waals surface area contributed by atoms with Gasteiger partial charge in [-0.05, 0) is 108 Å². The van der Waals surface area contributed by atoms with E-state index in [1.807, 2.05) is 46.0 Å². The Labute approximate surface area is 463 Å². The van der Waals surface area contributed by atoms with Gasteiger partial charge in [0.05, 0.1) is 19.2 Å². The number of aliphatic carboxylic acids is 1. The van der Waals surface area contributed by atoms with Crippen LogP contribution in [0.3, 0.4) is 0 Å². The van der Waals surface area contributed by atoms with Crippen LogP contribution in [0.1, 0.15) is 164 Å². The molecule has 3 aromatic carbocycles. The number of carboxylic acid groups (broad SMARTS) is 1. The minimum atomic E-state index is -0.786. The molecule has 1 saturated carbocycles. The van der Waals surface area contributed by atoms with E-state index in [-0.39, 0.29) is 41.3 Å². The fraction of sp³-hybridized carbons (Fsp3) is 0.607. The second-order valence-electron chi connectivity index (χ2n) is 22.0. The van der Waals surface area contributed by atoms with Gasteiger partial charge in [0.25, 0.3) is 0 Å². The van der Waals surface area contributed by atoms with Crippen LogP contribution in [0.15, 0.2) is 66.9 Å². The summed E-state index contributed by atoms with van der Waals surface area (Å²) in [5.74, 6) is 0.436. The molecule has 0 radical (unpaired) electrons. The van der Waals surface area contributed by atoms with Gasteiger partial charge in [-0.3, -0.25) is 23.9 Å². The van der Waals surface area contributed by atoms with Crippen molar-refractivity contribution in [2.75, 3.05) is 59.5 Å². The van der Waals surface area contributed by atoms with Gasteiger partial charge in [-0.25, -0.2) is 4.39 Å². The van der Waals surface area contributed by atoms with E-state index in [1.54, 1.807) is 19.2 Å². The van der Waals surface area contributed by atoms with Crippen LogP contribution in [0.4, 0.5) is 4.39 Å². The molecule has 5 rings (SSSR count). The lowest BCUT2D eigenvalue weighted by molar-refractivity contribution is -0.137. The van der Waals surface area contributed by atoms with Crippen molar-refractivity contribution < 1.29 is 38.1 Å². The molecular formula is C61H92FN9O7. The monoisotopic (exact) mass is 1080 g/mol. The minimum absolute atomic E-state index is 0.0181. The average Bonchev–Trinajstić information content (AvgIpc) is 4.22. The minimum Gasteiger partial charge on any atom is -0.497 e. The predicted molar refractivity (Wildman–Crippen MR) is 306 cm³/mol. The van der Waals surface area contributed by atoms with Crippen molar-refractivity contribution in [1.29, 1.82) is 0 Å². The highest BCUT2D eigenvalue weighted by Gasteiger charge is 2.34. The van der Waals surface area contributed by atoms with Gasteiger partial charge >= 0.3 is 5.97 Å². The lowest BCUT2D eigenvalue weighted by Crippen LogP contribution is -2.40. The number of carbonyl (C=O) groups excluding carboxylic acids is 3. The number of ether oxygens (including phenoxy) is 2. The Hall–Kier alpha value is -5.91. The first-order valence-corrected chi connectivity index (χ1v) is 29.0. The van der Waals surface area contributed by atoms with Gasteiger partial charge < -0.3 is 46.9 Å². The van der Waals surface area contributed by atoms with Crippen LogP contribution >= 0.6 is 0 Å².